The molecule has 0 amide bonds. The molecule has 1 atom stereocenters. The van der Waals surface area contributed by atoms with Crippen LogP contribution in [0.15, 0.2) is 24.5 Å². The predicted octanol–water partition coefficient (Wildman–Crippen LogP) is 3.00. The molecule has 4 rings (SSSR count). The minimum Gasteiger partial charge on any atom is -0.475 e. The monoisotopic (exact) mass is 541 g/mol. The maximum Gasteiger partial charge on any atom is 0.490 e. The van der Waals surface area contributed by atoms with Gasteiger partial charge in [-0.15, -0.1) is 5.10 Å². The highest BCUT2D eigenvalue weighted by Gasteiger charge is 2.39. The fraction of sp³-hybridized carbons (Fsp3) is 0.571. The molecule has 1 fully saturated rings. The van der Waals surface area contributed by atoms with Gasteiger partial charge in [0.1, 0.15) is 5.69 Å². The second-order valence-electron chi connectivity index (χ2n) is 8.22. The SMILES string of the molecule is Cn1nnc2c1CCN(Cc1ccncc1)C2COCC1CC1.O=C(O)C(F)(F)F.O=C(O)C(F)(F)F. The van der Waals surface area contributed by atoms with Crippen molar-refractivity contribution < 1.29 is 50.9 Å². The third-order valence-corrected chi connectivity index (χ3v) is 5.31. The van der Waals surface area contributed by atoms with E-state index in [4.69, 9.17) is 24.5 Å². The Morgan fingerprint density at radius 3 is 2.05 bits per heavy atom. The largest absolute Gasteiger partial charge is 0.490 e. The fourth-order valence-electron chi connectivity index (χ4n) is 3.25. The van der Waals surface area contributed by atoms with Crippen LogP contribution in [0.1, 0.15) is 35.8 Å². The van der Waals surface area contributed by atoms with E-state index in [1.165, 1.54) is 24.1 Å². The molecule has 0 saturated heterocycles. The summed E-state index contributed by atoms with van der Waals surface area (Å²) in [5.41, 5.74) is 3.61. The molecule has 3 heterocycles. The maximum absolute atomic E-state index is 10.6. The number of carbonyl (C=O) groups is 2. The minimum absolute atomic E-state index is 0.194. The second kappa shape index (κ2) is 12.8. The van der Waals surface area contributed by atoms with E-state index in [1.54, 1.807) is 0 Å². The van der Waals surface area contributed by atoms with E-state index in [-0.39, 0.29) is 6.04 Å². The number of pyridine rings is 1. The molecule has 206 valence electrons. The molecule has 1 saturated carbocycles. The van der Waals surface area contributed by atoms with Crippen LogP contribution in [0.2, 0.25) is 0 Å². The topological polar surface area (TPSA) is 131 Å². The number of carboxylic acid groups (broad SMARTS) is 2. The van der Waals surface area contributed by atoms with E-state index in [2.05, 4.69) is 32.3 Å². The second-order valence-corrected chi connectivity index (χ2v) is 8.22. The maximum atomic E-state index is 10.6. The fourth-order valence-corrected chi connectivity index (χ4v) is 3.25. The van der Waals surface area contributed by atoms with Crippen LogP contribution in [0.25, 0.3) is 0 Å². The first-order chi connectivity index (χ1) is 17.2. The third-order valence-electron chi connectivity index (χ3n) is 5.31. The van der Waals surface area contributed by atoms with Gasteiger partial charge in [0, 0.05) is 45.6 Å². The highest BCUT2D eigenvalue weighted by atomic mass is 19.4. The number of fused-ring (bicyclic) bond motifs is 1. The summed E-state index contributed by atoms with van der Waals surface area (Å²) in [5.74, 6) is -4.73. The van der Waals surface area contributed by atoms with E-state index >= 15 is 0 Å². The van der Waals surface area contributed by atoms with Gasteiger partial charge in [0.05, 0.1) is 18.3 Å². The van der Waals surface area contributed by atoms with Gasteiger partial charge in [-0.3, -0.25) is 14.6 Å². The molecule has 0 spiro atoms. The minimum atomic E-state index is -5.08. The van der Waals surface area contributed by atoms with Gasteiger partial charge >= 0.3 is 24.3 Å². The van der Waals surface area contributed by atoms with Crippen molar-refractivity contribution in [2.45, 2.75) is 44.2 Å². The highest BCUT2D eigenvalue weighted by molar-refractivity contribution is 5.73. The van der Waals surface area contributed by atoms with Crippen molar-refractivity contribution in [3.8, 4) is 0 Å². The number of ether oxygens (including phenoxy) is 1. The molecule has 16 heteroatoms. The zero-order valence-electron chi connectivity index (χ0n) is 19.5. The van der Waals surface area contributed by atoms with Crippen LogP contribution >= 0.6 is 0 Å². The standard InChI is InChI=1S/C17H23N5O.2C2HF3O2/c1-21-15-6-9-22(10-13-4-7-18-8-5-13)16(17(15)19-20-21)12-23-11-14-2-3-14;2*3-2(4,5)1(6)7/h4-5,7-8,14,16H,2-3,6,9-12H2,1H3;2*(H,6,7). The van der Waals surface area contributed by atoms with Gasteiger partial charge in [0.15, 0.2) is 0 Å². The van der Waals surface area contributed by atoms with Crippen LogP contribution in [0.4, 0.5) is 26.3 Å². The molecule has 0 aromatic carbocycles. The van der Waals surface area contributed by atoms with Crippen molar-refractivity contribution in [3.63, 3.8) is 0 Å². The summed E-state index contributed by atoms with van der Waals surface area (Å²) in [7, 11) is 1.98. The van der Waals surface area contributed by atoms with Gasteiger partial charge in [0.2, 0.25) is 0 Å². The van der Waals surface area contributed by atoms with Crippen LogP contribution in [-0.2, 0) is 34.3 Å². The number of hydrogen-bond acceptors (Lipinski definition) is 7. The smallest absolute Gasteiger partial charge is 0.475 e. The average molecular weight is 541 g/mol. The van der Waals surface area contributed by atoms with Crippen LogP contribution in [0, 0.1) is 5.92 Å². The lowest BCUT2D eigenvalue weighted by Crippen LogP contribution is -2.38. The van der Waals surface area contributed by atoms with Crippen molar-refractivity contribution >= 4 is 11.9 Å². The Morgan fingerprint density at radius 1 is 1.03 bits per heavy atom. The van der Waals surface area contributed by atoms with Gasteiger partial charge in [-0.2, -0.15) is 26.3 Å². The Labute approximate surface area is 206 Å². The lowest BCUT2D eigenvalue weighted by Gasteiger charge is -2.34. The summed E-state index contributed by atoms with van der Waals surface area (Å²) < 4.78 is 71.4. The Kier molecular flexibility index (Phi) is 10.4. The lowest BCUT2D eigenvalue weighted by molar-refractivity contribution is -0.193. The Hall–Kier alpha value is -3.27. The summed E-state index contributed by atoms with van der Waals surface area (Å²) >= 11 is 0. The first-order valence-electron chi connectivity index (χ1n) is 10.9. The zero-order chi connectivity index (χ0) is 27.8. The van der Waals surface area contributed by atoms with Crippen molar-refractivity contribution in [3.05, 3.63) is 41.5 Å². The van der Waals surface area contributed by atoms with Crippen molar-refractivity contribution in [1.29, 1.82) is 0 Å². The van der Waals surface area contributed by atoms with Crippen LogP contribution in [0.3, 0.4) is 0 Å². The van der Waals surface area contributed by atoms with Crippen molar-refractivity contribution in [1.82, 2.24) is 24.9 Å². The molecule has 2 aromatic rings. The molecule has 1 aliphatic carbocycles. The Morgan fingerprint density at radius 2 is 1.57 bits per heavy atom. The molecule has 0 bridgehead atoms. The highest BCUT2D eigenvalue weighted by Crippen LogP contribution is 2.32. The number of alkyl halides is 6. The molecule has 2 aliphatic rings. The van der Waals surface area contributed by atoms with E-state index in [1.807, 2.05) is 24.1 Å². The van der Waals surface area contributed by atoms with E-state index in [9.17, 15) is 26.3 Å². The summed E-state index contributed by atoms with van der Waals surface area (Å²) in [6.07, 6.45) is -2.83. The van der Waals surface area contributed by atoms with Gasteiger partial charge in [0.25, 0.3) is 0 Å². The van der Waals surface area contributed by atoms with Crippen LogP contribution < -0.4 is 0 Å². The first-order valence-corrected chi connectivity index (χ1v) is 10.9. The van der Waals surface area contributed by atoms with E-state index < -0.39 is 24.3 Å². The molecule has 37 heavy (non-hydrogen) atoms. The number of rotatable bonds is 6. The van der Waals surface area contributed by atoms with Crippen LogP contribution in [-0.4, -0.2) is 79.1 Å². The summed E-state index contributed by atoms with van der Waals surface area (Å²) in [5, 5.41) is 22.9. The van der Waals surface area contributed by atoms with Gasteiger partial charge < -0.3 is 14.9 Å². The Bertz CT molecular complexity index is 1000. The first kappa shape index (κ1) is 30.0. The van der Waals surface area contributed by atoms with Gasteiger partial charge in [-0.1, -0.05) is 5.21 Å². The third kappa shape index (κ3) is 9.95. The number of halogens is 6. The molecule has 0 radical (unpaired) electrons. The number of aliphatic carboxylic acids is 2. The number of carboxylic acids is 2. The number of aryl methyl sites for hydroxylation is 1. The molecular formula is C21H25F6N5O5. The predicted molar refractivity (Wildman–Crippen MR) is 113 cm³/mol. The van der Waals surface area contributed by atoms with Gasteiger partial charge in [-0.05, 0) is 36.5 Å². The number of nitrogens with zero attached hydrogens (tertiary/aromatic N) is 5. The molecule has 1 unspecified atom stereocenters. The average Bonchev–Trinajstić information content (AvgIpc) is 3.56. The van der Waals surface area contributed by atoms with Crippen LogP contribution in [0.5, 0.6) is 0 Å². The molecular weight excluding hydrogens is 516 g/mol. The summed E-state index contributed by atoms with van der Waals surface area (Å²) in [6.45, 7) is 3.49. The van der Waals surface area contributed by atoms with Gasteiger partial charge in [-0.25, -0.2) is 9.59 Å². The molecule has 10 nitrogen and oxygen atoms in total. The van der Waals surface area contributed by atoms with Crippen molar-refractivity contribution in [2.24, 2.45) is 13.0 Å². The zero-order valence-corrected chi connectivity index (χ0v) is 19.5. The normalized spacial score (nSPS) is 17.5. The van der Waals surface area contributed by atoms with E-state index in [0.29, 0.717) is 6.61 Å². The molecule has 2 aromatic heterocycles. The Balaban J connectivity index is 0.000000286. The lowest BCUT2D eigenvalue weighted by atomic mass is 10.0. The quantitative estimate of drug-likeness (QED) is 0.530. The summed E-state index contributed by atoms with van der Waals surface area (Å²) in [6, 6.07) is 4.35. The summed E-state index contributed by atoms with van der Waals surface area (Å²) in [4.78, 5) is 24.4. The van der Waals surface area contributed by atoms with Crippen molar-refractivity contribution in [2.75, 3.05) is 19.8 Å². The number of hydrogen-bond donors (Lipinski definition) is 2. The molecule has 2 N–H and O–H groups in total. The molecule has 1 aliphatic heterocycles. The van der Waals surface area contributed by atoms with E-state index in [0.717, 1.165) is 37.7 Å². The number of aromatic nitrogens is 4.